The fourth-order valence-electron chi connectivity index (χ4n) is 8.91. The summed E-state index contributed by atoms with van der Waals surface area (Å²) >= 11 is 0. The van der Waals surface area contributed by atoms with Gasteiger partial charge < -0.3 is 39.9 Å². The Labute approximate surface area is 346 Å². The lowest BCUT2D eigenvalue weighted by molar-refractivity contribution is -0.136. The number of alkyl carbamates (subject to hydrolysis) is 2. The van der Waals surface area contributed by atoms with Crippen LogP contribution in [0, 0.1) is 23.7 Å². The number of nitrogens with one attached hydrogen (secondary N) is 4. The van der Waals surface area contributed by atoms with Gasteiger partial charge in [0.15, 0.2) is 0 Å². The van der Waals surface area contributed by atoms with E-state index >= 15 is 0 Å². The number of likely N-dealkylation sites (tertiary alicyclic amines) is 2. The van der Waals surface area contributed by atoms with Crippen LogP contribution in [0.1, 0.15) is 108 Å². The molecule has 59 heavy (non-hydrogen) atoms. The Morgan fingerprint density at radius 1 is 0.627 bits per heavy atom. The van der Waals surface area contributed by atoms with Crippen molar-refractivity contribution < 1.29 is 28.7 Å². The van der Waals surface area contributed by atoms with Crippen LogP contribution in [-0.2, 0) is 19.1 Å². The Hall–Kier alpha value is -5.66. The molecule has 8 atom stereocenters. The first kappa shape index (κ1) is 41.5. The first-order valence-electron chi connectivity index (χ1n) is 20.9. The average molecular weight is 807 g/mol. The zero-order valence-corrected chi connectivity index (χ0v) is 35.3. The number of rotatable bonds is 12. The number of amides is 4. The van der Waals surface area contributed by atoms with Crippen LogP contribution in [0.25, 0.3) is 22.5 Å². The highest BCUT2D eigenvalue weighted by Gasteiger charge is 2.42. The lowest BCUT2D eigenvalue weighted by atomic mass is 10.0. The Balaban J connectivity index is 0.976. The number of imidazole rings is 2. The van der Waals surface area contributed by atoms with Crippen LogP contribution in [0.3, 0.4) is 0 Å². The monoisotopic (exact) mass is 806 g/mol. The molecule has 4 heterocycles. The Kier molecular flexibility index (Phi) is 12.2. The largest absolute Gasteiger partial charge is 0.453 e. The molecule has 2 aromatic carbocycles. The second-order valence-corrected chi connectivity index (χ2v) is 17.5. The number of H-pyrrole nitrogens is 2. The number of aromatic amines is 2. The fourth-order valence-corrected chi connectivity index (χ4v) is 8.91. The number of methoxy groups -OCH3 is 2. The third kappa shape index (κ3) is 8.86. The van der Waals surface area contributed by atoms with E-state index in [4.69, 9.17) is 19.4 Å². The average Bonchev–Trinajstić information content (AvgIpc) is 3.65. The summed E-state index contributed by atoms with van der Waals surface area (Å²) in [6, 6.07) is 15.5. The Bertz CT molecular complexity index is 1980. The van der Waals surface area contributed by atoms with Crippen LogP contribution >= 0.6 is 0 Å². The van der Waals surface area contributed by atoms with Crippen molar-refractivity contribution in [3.8, 4) is 22.5 Å². The van der Waals surface area contributed by atoms with Crippen LogP contribution < -0.4 is 10.6 Å². The molecule has 4 amide bonds. The molecule has 2 saturated heterocycles. The van der Waals surface area contributed by atoms with Gasteiger partial charge in [0.2, 0.25) is 11.8 Å². The molecule has 0 radical (unpaired) electrons. The fraction of sp³-hybridized carbons (Fsp3) is 0.511. The van der Waals surface area contributed by atoms with Gasteiger partial charge in [-0.3, -0.25) is 9.59 Å². The van der Waals surface area contributed by atoms with E-state index in [9.17, 15) is 19.2 Å². The summed E-state index contributed by atoms with van der Waals surface area (Å²) in [7, 11) is 2.60. The summed E-state index contributed by atoms with van der Waals surface area (Å²) in [4.78, 5) is 71.6. The van der Waals surface area contributed by atoms with Gasteiger partial charge in [-0.2, -0.15) is 0 Å². The predicted octanol–water partition coefficient (Wildman–Crippen LogP) is 7.32. The molecule has 0 spiro atoms. The van der Waals surface area contributed by atoms with Crippen molar-refractivity contribution >= 4 is 24.0 Å². The first-order chi connectivity index (χ1) is 28.3. The van der Waals surface area contributed by atoms with Gasteiger partial charge >= 0.3 is 12.2 Å². The highest BCUT2D eigenvalue weighted by atomic mass is 16.5. The zero-order chi connectivity index (χ0) is 42.1. The van der Waals surface area contributed by atoms with Crippen molar-refractivity contribution in [2.75, 3.05) is 27.3 Å². The number of benzene rings is 2. The topological polar surface area (TPSA) is 175 Å². The van der Waals surface area contributed by atoms with E-state index in [1.807, 2.05) is 49.9 Å². The maximum Gasteiger partial charge on any atom is 0.407 e. The molecule has 0 unspecified atom stereocenters. The van der Waals surface area contributed by atoms with Crippen LogP contribution in [-0.4, -0.2) is 93.1 Å². The van der Waals surface area contributed by atoms with Crippen molar-refractivity contribution in [3.63, 3.8) is 0 Å². The van der Waals surface area contributed by atoms with Crippen LogP contribution in [0.5, 0.6) is 0 Å². The summed E-state index contributed by atoms with van der Waals surface area (Å²) in [5, 5.41) is 5.44. The Morgan fingerprint density at radius 3 is 1.34 bits per heavy atom. The third-order valence-electron chi connectivity index (χ3n) is 12.3. The number of aromatic nitrogens is 4. The van der Waals surface area contributed by atoms with Gasteiger partial charge in [0.1, 0.15) is 23.7 Å². The van der Waals surface area contributed by atoms with E-state index in [2.05, 4.69) is 83.0 Å². The second-order valence-electron chi connectivity index (χ2n) is 17.5. The number of carbonyl (C=O) groups is 4. The molecule has 0 bridgehead atoms. The van der Waals surface area contributed by atoms with Gasteiger partial charge in [-0.15, -0.1) is 0 Å². The normalized spacial score (nSPS) is 23.6. The molecule has 3 fully saturated rings. The van der Waals surface area contributed by atoms with E-state index < -0.39 is 24.3 Å². The zero-order valence-electron chi connectivity index (χ0n) is 35.3. The summed E-state index contributed by atoms with van der Waals surface area (Å²) in [5.74, 6) is 2.49. The lowest BCUT2D eigenvalue weighted by Gasteiger charge is -2.30. The summed E-state index contributed by atoms with van der Waals surface area (Å²) in [6.45, 7) is 13.1. The molecule has 4 N–H and O–H groups in total. The van der Waals surface area contributed by atoms with Crippen molar-refractivity contribution in [2.45, 2.75) is 96.8 Å². The van der Waals surface area contributed by atoms with Crippen molar-refractivity contribution in [3.05, 3.63) is 83.7 Å². The number of hydrogen-bond donors (Lipinski definition) is 4. The molecule has 14 heteroatoms. The minimum atomic E-state index is -0.688. The van der Waals surface area contributed by atoms with Crippen molar-refractivity contribution in [2.24, 2.45) is 23.7 Å². The van der Waals surface area contributed by atoms with Crippen LogP contribution in [0.4, 0.5) is 9.59 Å². The van der Waals surface area contributed by atoms with Gasteiger partial charge in [0.05, 0.1) is 50.1 Å². The van der Waals surface area contributed by atoms with Gasteiger partial charge in [-0.1, -0.05) is 90.1 Å². The summed E-state index contributed by atoms with van der Waals surface area (Å²) in [6.07, 6.45) is 5.09. The smallest absolute Gasteiger partial charge is 0.407 e. The van der Waals surface area contributed by atoms with Crippen molar-refractivity contribution in [1.29, 1.82) is 0 Å². The molecular formula is C45H58N8O6. The standard InChI is InChI=1S/C45H58N8O6/c1-24(2)38(50-44(56)58-7)42(54)52-22-26(5)17-36(52)40-46-20-34(48-40)30-13-9-28(10-14-30)32-19-33(32)29-11-15-31(16-12-29)35-21-47-41(49-35)37-18-27(6)23-53(37)43(55)39(25(3)4)51-45(57)59-8/h9-16,20-21,24-27,32-33,36-39H,17-19,22-23H2,1-8H3,(H,46,48)(H,47,49)(H,50,56)(H,51,57)/t26-,27-,32-,33+,36-,37-,38-,39+/m0/s1. The number of hydrogen-bond acceptors (Lipinski definition) is 8. The quantitative estimate of drug-likeness (QED) is 0.115. The molecule has 14 nitrogen and oxygen atoms in total. The molecule has 1 aliphatic carbocycles. The molecule has 1 saturated carbocycles. The van der Waals surface area contributed by atoms with Crippen molar-refractivity contribution in [1.82, 2.24) is 40.4 Å². The SMILES string of the molecule is COC(=O)N[C@H](C(=O)N1C[C@@H](C)C[C@H]1c1ncc(-c2ccc([C@@H]3C[C@@H]3c3ccc(-c4cnc([C@@H]5C[C@H](C)CN5C(=O)[C@H](NC(=O)OC)C(C)C)[nH]4)cc3)cc2)[nH]1)C(C)C. The van der Waals surface area contributed by atoms with E-state index in [1.54, 1.807) is 0 Å². The van der Waals surface area contributed by atoms with Gasteiger partial charge in [-0.05, 0) is 77.0 Å². The molecule has 2 aliphatic heterocycles. The van der Waals surface area contributed by atoms with E-state index in [1.165, 1.54) is 25.3 Å². The Morgan fingerprint density at radius 2 is 1.00 bits per heavy atom. The highest BCUT2D eigenvalue weighted by Crippen LogP contribution is 2.55. The summed E-state index contributed by atoms with van der Waals surface area (Å²) in [5.41, 5.74) is 6.45. The number of ether oxygens (including phenoxy) is 2. The molecule has 2 aromatic heterocycles. The second kappa shape index (κ2) is 17.3. The third-order valence-corrected chi connectivity index (χ3v) is 12.3. The minimum Gasteiger partial charge on any atom is -0.453 e. The van der Waals surface area contributed by atoms with E-state index in [0.29, 0.717) is 36.8 Å². The highest BCUT2D eigenvalue weighted by molar-refractivity contribution is 5.87. The molecule has 314 valence electrons. The number of nitrogens with zero attached hydrogens (tertiary/aromatic N) is 4. The molecule has 4 aromatic rings. The number of carbonyl (C=O) groups excluding carboxylic acids is 4. The predicted molar refractivity (Wildman–Crippen MR) is 223 cm³/mol. The van der Waals surface area contributed by atoms with Crippen LogP contribution in [0.15, 0.2) is 60.9 Å². The first-order valence-corrected chi connectivity index (χ1v) is 20.9. The van der Waals surface area contributed by atoms with Crippen LogP contribution in [0.2, 0.25) is 0 Å². The minimum absolute atomic E-state index is 0.104. The molecular weight excluding hydrogens is 749 g/mol. The van der Waals surface area contributed by atoms with Gasteiger partial charge in [0, 0.05) is 13.1 Å². The summed E-state index contributed by atoms with van der Waals surface area (Å²) < 4.78 is 9.57. The van der Waals surface area contributed by atoms with E-state index in [-0.39, 0.29) is 35.7 Å². The molecule has 3 aliphatic rings. The van der Waals surface area contributed by atoms with Gasteiger partial charge in [-0.25, -0.2) is 19.6 Å². The van der Waals surface area contributed by atoms with Gasteiger partial charge in [0.25, 0.3) is 0 Å². The van der Waals surface area contributed by atoms with E-state index in [0.717, 1.165) is 53.4 Å². The maximum absolute atomic E-state index is 13.7. The molecule has 7 rings (SSSR count). The maximum atomic E-state index is 13.7. The lowest BCUT2D eigenvalue weighted by Crippen LogP contribution is -2.51.